The summed E-state index contributed by atoms with van der Waals surface area (Å²) in [7, 11) is 1.61. The summed E-state index contributed by atoms with van der Waals surface area (Å²) in [5, 5.41) is 2.98. The Kier molecular flexibility index (Phi) is 9.15. The van der Waals surface area contributed by atoms with Crippen LogP contribution in [-0.4, -0.2) is 52.9 Å². The van der Waals surface area contributed by atoms with Crippen molar-refractivity contribution in [3.63, 3.8) is 0 Å². The van der Waals surface area contributed by atoms with Crippen LogP contribution in [0.15, 0.2) is 61.1 Å². The fourth-order valence-corrected chi connectivity index (χ4v) is 5.21. The van der Waals surface area contributed by atoms with E-state index in [4.69, 9.17) is 4.74 Å². The first-order chi connectivity index (χ1) is 18.4. The van der Waals surface area contributed by atoms with Gasteiger partial charge in [0.25, 0.3) is 0 Å². The summed E-state index contributed by atoms with van der Waals surface area (Å²) in [4.78, 5) is 35.4. The predicted octanol–water partition coefficient (Wildman–Crippen LogP) is 4.58. The van der Waals surface area contributed by atoms with Crippen molar-refractivity contribution >= 4 is 11.8 Å². The van der Waals surface area contributed by atoms with E-state index in [9.17, 15) is 14.0 Å². The van der Waals surface area contributed by atoms with E-state index < -0.39 is 6.04 Å². The Morgan fingerprint density at radius 1 is 1.18 bits per heavy atom. The molecule has 3 aromatic rings. The number of aromatic amines is 1. The molecule has 1 aromatic heterocycles. The maximum absolute atomic E-state index is 14.1. The zero-order valence-corrected chi connectivity index (χ0v) is 22.2. The largest absolute Gasteiger partial charge is 0.497 e. The zero-order valence-electron chi connectivity index (χ0n) is 22.2. The van der Waals surface area contributed by atoms with E-state index in [2.05, 4.69) is 22.2 Å². The third kappa shape index (κ3) is 6.79. The molecular weight excluding hydrogens is 483 g/mol. The zero-order chi connectivity index (χ0) is 27.0. The second-order valence-electron chi connectivity index (χ2n) is 10.2. The number of rotatable bonds is 13. The maximum Gasteiger partial charge on any atom is 0.245 e. The lowest BCUT2D eigenvalue weighted by Crippen LogP contribution is -2.65. The first-order valence-corrected chi connectivity index (χ1v) is 13.4. The van der Waals surface area contributed by atoms with E-state index >= 15 is 0 Å². The Morgan fingerprint density at radius 3 is 2.63 bits per heavy atom. The molecule has 1 aliphatic rings. The molecule has 0 radical (unpaired) electrons. The number of methoxy groups -OCH3 is 1. The molecule has 2 N–H and O–H groups in total. The molecule has 202 valence electrons. The van der Waals surface area contributed by atoms with Crippen molar-refractivity contribution in [3.05, 3.63) is 83.7 Å². The van der Waals surface area contributed by atoms with Gasteiger partial charge in [0.2, 0.25) is 11.8 Å². The van der Waals surface area contributed by atoms with Crippen LogP contribution in [0.4, 0.5) is 4.39 Å². The van der Waals surface area contributed by atoms with Gasteiger partial charge in [-0.05, 0) is 48.2 Å². The van der Waals surface area contributed by atoms with E-state index in [0.717, 1.165) is 48.3 Å². The number of aromatic nitrogens is 2. The van der Waals surface area contributed by atoms with Crippen LogP contribution >= 0.6 is 0 Å². The molecule has 2 aromatic carbocycles. The van der Waals surface area contributed by atoms with Crippen LogP contribution in [0, 0.1) is 5.82 Å². The van der Waals surface area contributed by atoms with Crippen molar-refractivity contribution in [2.45, 2.75) is 63.3 Å². The van der Waals surface area contributed by atoms with Crippen molar-refractivity contribution in [2.24, 2.45) is 0 Å². The number of aryl methyl sites for hydroxylation is 1. The quantitative estimate of drug-likeness (QED) is 0.323. The molecule has 0 unspecified atom stereocenters. The van der Waals surface area contributed by atoms with Gasteiger partial charge in [0.05, 0.1) is 13.4 Å². The second-order valence-corrected chi connectivity index (χ2v) is 10.2. The Balaban J connectivity index is 1.48. The van der Waals surface area contributed by atoms with Gasteiger partial charge >= 0.3 is 0 Å². The molecule has 2 heterocycles. The number of carbonyl (C=O) groups excluding carboxylic acids is 2. The minimum atomic E-state index is -0.696. The van der Waals surface area contributed by atoms with E-state index in [0.29, 0.717) is 25.9 Å². The van der Waals surface area contributed by atoms with Gasteiger partial charge in [0.1, 0.15) is 17.6 Å². The molecule has 1 atom stereocenters. The Labute approximate surface area is 223 Å². The molecule has 0 saturated carbocycles. The van der Waals surface area contributed by atoms with E-state index in [-0.39, 0.29) is 29.5 Å². The molecule has 2 amide bonds. The van der Waals surface area contributed by atoms with Gasteiger partial charge in [-0.1, -0.05) is 50.5 Å². The van der Waals surface area contributed by atoms with Gasteiger partial charge in [-0.3, -0.25) is 9.59 Å². The highest BCUT2D eigenvalue weighted by atomic mass is 19.1. The van der Waals surface area contributed by atoms with Crippen LogP contribution < -0.4 is 10.1 Å². The smallest absolute Gasteiger partial charge is 0.245 e. The molecule has 38 heavy (non-hydrogen) atoms. The molecule has 8 heteroatoms. The monoisotopic (exact) mass is 520 g/mol. The molecule has 0 spiro atoms. The number of amides is 2. The van der Waals surface area contributed by atoms with E-state index in [1.165, 1.54) is 6.07 Å². The Hall–Kier alpha value is -3.68. The van der Waals surface area contributed by atoms with Crippen LogP contribution in [-0.2, 0) is 27.8 Å². The third-order valence-electron chi connectivity index (χ3n) is 7.40. The summed E-state index contributed by atoms with van der Waals surface area (Å²) in [5.41, 5.74) is 2.47. The normalized spacial score (nSPS) is 15.0. The molecule has 1 aliphatic heterocycles. The highest BCUT2D eigenvalue weighted by Gasteiger charge is 2.47. The maximum atomic E-state index is 14.1. The summed E-state index contributed by atoms with van der Waals surface area (Å²) >= 11 is 0. The van der Waals surface area contributed by atoms with Crippen molar-refractivity contribution in [1.29, 1.82) is 0 Å². The second kappa shape index (κ2) is 12.7. The standard InChI is InChI=1S/C30H37FN4O3/c1-3-4-5-15-30(23-7-6-8-24(31)17-23)19-35(20-30)29(37)27(16-22-9-12-26(38-2)13-10-22)34-28(36)14-11-25-18-32-21-33-25/h6-10,12-13,17-18,21,27H,3-5,11,14-16,19-20H2,1-2H3,(H,32,33)(H,34,36)/t27-/m1/s1. The number of nitrogens with zero attached hydrogens (tertiary/aromatic N) is 2. The molecule has 0 aliphatic carbocycles. The lowest BCUT2D eigenvalue weighted by atomic mass is 9.70. The molecule has 7 nitrogen and oxygen atoms in total. The van der Waals surface area contributed by atoms with Gasteiger partial charge in [0.15, 0.2) is 0 Å². The molecule has 1 saturated heterocycles. The first kappa shape index (κ1) is 27.4. The summed E-state index contributed by atoms with van der Waals surface area (Å²) < 4.78 is 19.4. The number of unbranched alkanes of at least 4 members (excludes halogenated alkanes) is 2. The van der Waals surface area contributed by atoms with Crippen molar-refractivity contribution in [2.75, 3.05) is 20.2 Å². The number of likely N-dealkylation sites (tertiary alicyclic amines) is 1. The number of benzene rings is 2. The lowest BCUT2D eigenvalue weighted by Gasteiger charge is -2.52. The van der Waals surface area contributed by atoms with Gasteiger partial charge < -0.3 is 19.9 Å². The average Bonchev–Trinajstić information content (AvgIpc) is 3.42. The highest BCUT2D eigenvalue weighted by molar-refractivity contribution is 5.88. The summed E-state index contributed by atoms with van der Waals surface area (Å²) in [6.07, 6.45) is 8.52. The van der Waals surface area contributed by atoms with Gasteiger partial charge in [-0.2, -0.15) is 0 Å². The number of hydrogen-bond donors (Lipinski definition) is 2. The summed E-state index contributed by atoms with van der Waals surface area (Å²) in [5.74, 6) is 0.170. The lowest BCUT2D eigenvalue weighted by molar-refractivity contribution is -0.143. The number of H-pyrrole nitrogens is 1. The molecular formula is C30H37FN4O3. The number of ether oxygens (including phenoxy) is 1. The fourth-order valence-electron chi connectivity index (χ4n) is 5.21. The van der Waals surface area contributed by atoms with Crippen molar-refractivity contribution in [1.82, 2.24) is 20.2 Å². The fraction of sp³-hybridized carbons (Fsp3) is 0.433. The third-order valence-corrected chi connectivity index (χ3v) is 7.40. The Morgan fingerprint density at radius 2 is 1.97 bits per heavy atom. The van der Waals surface area contributed by atoms with Gasteiger partial charge in [-0.15, -0.1) is 0 Å². The minimum absolute atomic E-state index is 0.113. The van der Waals surface area contributed by atoms with Crippen LogP contribution in [0.25, 0.3) is 0 Å². The predicted molar refractivity (Wildman–Crippen MR) is 144 cm³/mol. The number of nitrogens with one attached hydrogen (secondary N) is 2. The van der Waals surface area contributed by atoms with Crippen molar-refractivity contribution < 1.29 is 18.7 Å². The number of hydrogen-bond acceptors (Lipinski definition) is 4. The van der Waals surface area contributed by atoms with Crippen molar-refractivity contribution in [3.8, 4) is 5.75 Å². The van der Waals surface area contributed by atoms with Crippen LogP contribution in [0.2, 0.25) is 0 Å². The van der Waals surface area contributed by atoms with Gasteiger partial charge in [-0.25, -0.2) is 9.37 Å². The average molecular weight is 521 g/mol. The van der Waals surface area contributed by atoms with Crippen LogP contribution in [0.1, 0.15) is 55.8 Å². The molecule has 1 fully saturated rings. The SMILES string of the molecule is CCCCCC1(c2cccc(F)c2)CN(C(=O)[C@@H](Cc2ccc(OC)cc2)NC(=O)CCc2cnc[nH]2)C1. The number of halogens is 1. The highest BCUT2D eigenvalue weighted by Crippen LogP contribution is 2.40. The van der Waals surface area contributed by atoms with Crippen LogP contribution in [0.5, 0.6) is 5.75 Å². The summed E-state index contributed by atoms with van der Waals surface area (Å²) in [6, 6.07) is 13.6. The molecule has 4 rings (SSSR count). The van der Waals surface area contributed by atoms with Gasteiger partial charge in [0, 0.05) is 43.2 Å². The Bertz CT molecular complexity index is 1190. The molecule has 0 bridgehead atoms. The summed E-state index contributed by atoms with van der Waals surface area (Å²) in [6.45, 7) is 3.19. The number of carbonyl (C=O) groups is 2. The van der Waals surface area contributed by atoms with Crippen LogP contribution in [0.3, 0.4) is 0 Å². The number of imidazole rings is 1. The van der Waals surface area contributed by atoms with E-state index in [1.54, 1.807) is 36.7 Å². The minimum Gasteiger partial charge on any atom is -0.497 e. The topological polar surface area (TPSA) is 87.3 Å². The first-order valence-electron chi connectivity index (χ1n) is 13.4. The van der Waals surface area contributed by atoms with E-state index in [1.807, 2.05) is 30.3 Å².